The van der Waals surface area contributed by atoms with Crippen LogP contribution in [0.1, 0.15) is 33.3 Å². The molecule has 7 nitrogen and oxygen atoms in total. The van der Waals surface area contributed by atoms with Gasteiger partial charge in [0.15, 0.2) is 18.1 Å². The number of carbonyl (C=O) groups excluding carboxylic acids is 2. The Morgan fingerprint density at radius 3 is 2.59 bits per heavy atom. The minimum absolute atomic E-state index is 0.0864. The van der Waals surface area contributed by atoms with Gasteiger partial charge in [0.1, 0.15) is 5.54 Å². The van der Waals surface area contributed by atoms with E-state index in [0.717, 1.165) is 0 Å². The Morgan fingerprint density at radius 1 is 1.33 bits per heavy atom. The van der Waals surface area contributed by atoms with E-state index in [9.17, 15) is 14.9 Å². The number of amides is 1. The highest BCUT2D eigenvalue weighted by molar-refractivity contribution is 5.89. The Hall–Kier alpha value is -3.01. The van der Waals surface area contributed by atoms with Gasteiger partial charge in [0.05, 0.1) is 19.8 Å². The lowest BCUT2D eigenvalue weighted by molar-refractivity contribution is -0.144. The zero-order valence-electron chi connectivity index (χ0n) is 16.4. The third-order valence-corrected chi connectivity index (χ3v) is 4.03. The quantitative estimate of drug-likeness (QED) is 0.527. The van der Waals surface area contributed by atoms with Crippen LogP contribution in [0.15, 0.2) is 24.3 Å². The summed E-state index contributed by atoms with van der Waals surface area (Å²) in [5.41, 5.74) is -0.299. The van der Waals surface area contributed by atoms with Crippen LogP contribution in [0, 0.1) is 17.2 Å². The number of hydrogen-bond acceptors (Lipinski definition) is 6. The van der Waals surface area contributed by atoms with Gasteiger partial charge in [-0.05, 0) is 43.5 Å². The molecule has 0 saturated carbocycles. The molecule has 0 aliphatic rings. The van der Waals surface area contributed by atoms with Crippen molar-refractivity contribution in [2.45, 2.75) is 33.2 Å². The van der Waals surface area contributed by atoms with Crippen molar-refractivity contribution in [1.82, 2.24) is 5.32 Å². The van der Waals surface area contributed by atoms with E-state index in [-0.39, 0.29) is 5.92 Å². The zero-order valence-corrected chi connectivity index (χ0v) is 16.4. The predicted octanol–water partition coefficient (Wildman–Crippen LogP) is 2.70. The Balaban J connectivity index is 2.62. The molecule has 1 aromatic rings. The molecule has 0 saturated heterocycles. The highest BCUT2D eigenvalue weighted by atomic mass is 16.5. The molecule has 1 N–H and O–H groups in total. The molecule has 0 aromatic heterocycles. The molecule has 146 valence electrons. The summed E-state index contributed by atoms with van der Waals surface area (Å²) in [7, 11) is 1.53. The fourth-order valence-corrected chi connectivity index (χ4v) is 2.04. The molecule has 0 heterocycles. The summed E-state index contributed by atoms with van der Waals surface area (Å²) in [5, 5.41) is 11.8. The summed E-state index contributed by atoms with van der Waals surface area (Å²) in [6, 6.07) is 7.30. The number of ether oxygens (including phenoxy) is 3. The van der Waals surface area contributed by atoms with E-state index in [4.69, 9.17) is 14.2 Å². The average Bonchev–Trinajstić information content (AvgIpc) is 2.65. The summed E-state index contributed by atoms with van der Waals surface area (Å²) in [6.45, 7) is 7.20. The second kappa shape index (κ2) is 10.2. The van der Waals surface area contributed by atoms with Gasteiger partial charge in [-0.3, -0.25) is 4.79 Å². The van der Waals surface area contributed by atoms with Crippen LogP contribution in [-0.2, 0) is 14.3 Å². The lowest BCUT2D eigenvalue weighted by Crippen LogP contribution is -2.50. The van der Waals surface area contributed by atoms with Gasteiger partial charge in [-0.2, -0.15) is 5.26 Å². The van der Waals surface area contributed by atoms with Crippen molar-refractivity contribution in [2.75, 3.05) is 20.3 Å². The van der Waals surface area contributed by atoms with Crippen molar-refractivity contribution < 1.29 is 23.8 Å². The van der Waals surface area contributed by atoms with Crippen LogP contribution in [-0.4, -0.2) is 37.7 Å². The monoisotopic (exact) mass is 374 g/mol. The predicted molar refractivity (Wildman–Crippen MR) is 101 cm³/mol. The maximum atomic E-state index is 11.9. The number of rotatable bonds is 9. The second-order valence-electron chi connectivity index (χ2n) is 6.30. The van der Waals surface area contributed by atoms with E-state index in [1.165, 1.54) is 13.2 Å². The molecule has 27 heavy (non-hydrogen) atoms. The van der Waals surface area contributed by atoms with Gasteiger partial charge in [0.25, 0.3) is 5.91 Å². The van der Waals surface area contributed by atoms with E-state index in [1.54, 1.807) is 31.2 Å². The first-order chi connectivity index (χ1) is 12.8. The van der Waals surface area contributed by atoms with Crippen molar-refractivity contribution in [2.24, 2.45) is 5.92 Å². The van der Waals surface area contributed by atoms with E-state index >= 15 is 0 Å². The smallest absolute Gasteiger partial charge is 0.331 e. The molecule has 1 rings (SSSR count). The van der Waals surface area contributed by atoms with Crippen molar-refractivity contribution >= 4 is 18.0 Å². The maximum Gasteiger partial charge on any atom is 0.331 e. The standard InChI is InChI=1S/C20H26N2O5/c1-6-26-16-9-7-15(11-17(16)25-5)8-10-19(24)27-12-18(23)22-20(4,13-21)14(2)3/h7-11,14H,6,12H2,1-5H3,(H,22,23)/b10-8+. The number of nitriles is 1. The largest absolute Gasteiger partial charge is 0.493 e. The summed E-state index contributed by atoms with van der Waals surface area (Å²) in [5.74, 6) is -0.117. The van der Waals surface area contributed by atoms with Crippen LogP contribution < -0.4 is 14.8 Å². The molecule has 0 fully saturated rings. The number of nitrogens with zero attached hydrogens (tertiary/aromatic N) is 1. The zero-order chi connectivity index (χ0) is 20.4. The summed E-state index contributed by atoms with van der Waals surface area (Å²) in [6.07, 6.45) is 2.76. The van der Waals surface area contributed by atoms with Crippen LogP contribution in [0.3, 0.4) is 0 Å². The minimum Gasteiger partial charge on any atom is -0.493 e. The molecule has 1 aromatic carbocycles. The van der Waals surface area contributed by atoms with Crippen LogP contribution in [0.2, 0.25) is 0 Å². The third-order valence-electron chi connectivity index (χ3n) is 4.03. The van der Waals surface area contributed by atoms with Crippen molar-refractivity contribution in [3.63, 3.8) is 0 Å². The normalized spacial score (nSPS) is 12.9. The lowest BCUT2D eigenvalue weighted by atomic mass is 9.90. The lowest BCUT2D eigenvalue weighted by Gasteiger charge is -2.27. The molecule has 0 aliphatic carbocycles. The second-order valence-corrected chi connectivity index (χ2v) is 6.30. The van der Waals surface area contributed by atoms with Gasteiger partial charge in [0.2, 0.25) is 0 Å². The van der Waals surface area contributed by atoms with Gasteiger partial charge in [-0.1, -0.05) is 19.9 Å². The van der Waals surface area contributed by atoms with Crippen molar-refractivity contribution in [3.8, 4) is 17.6 Å². The van der Waals surface area contributed by atoms with Crippen LogP contribution in [0.4, 0.5) is 0 Å². The first-order valence-electron chi connectivity index (χ1n) is 8.63. The van der Waals surface area contributed by atoms with E-state index in [1.807, 2.05) is 20.8 Å². The Kier molecular flexibility index (Phi) is 8.34. The third kappa shape index (κ3) is 6.66. The van der Waals surface area contributed by atoms with Crippen molar-refractivity contribution in [3.05, 3.63) is 29.8 Å². The number of nitrogens with one attached hydrogen (secondary N) is 1. The molecular formula is C20H26N2O5. The maximum absolute atomic E-state index is 11.9. The molecule has 0 spiro atoms. The van der Waals surface area contributed by atoms with Gasteiger partial charge >= 0.3 is 5.97 Å². The van der Waals surface area contributed by atoms with Crippen LogP contribution in [0.25, 0.3) is 6.08 Å². The highest BCUT2D eigenvalue weighted by Gasteiger charge is 2.30. The summed E-state index contributed by atoms with van der Waals surface area (Å²) < 4.78 is 15.6. The fourth-order valence-electron chi connectivity index (χ4n) is 2.04. The molecule has 0 aliphatic heterocycles. The first-order valence-corrected chi connectivity index (χ1v) is 8.63. The molecule has 1 amide bonds. The topological polar surface area (TPSA) is 97.6 Å². The van der Waals surface area contributed by atoms with Crippen LogP contribution in [0.5, 0.6) is 11.5 Å². The summed E-state index contributed by atoms with van der Waals surface area (Å²) >= 11 is 0. The number of carbonyl (C=O) groups is 2. The SMILES string of the molecule is CCOc1ccc(/C=C/C(=O)OCC(=O)NC(C)(C#N)C(C)C)cc1OC. The van der Waals surface area contributed by atoms with Crippen molar-refractivity contribution in [1.29, 1.82) is 5.26 Å². The molecule has 0 radical (unpaired) electrons. The van der Waals surface area contributed by atoms with Gasteiger partial charge < -0.3 is 19.5 Å². The summed E-state index contributed by atoms with van der Waals surface area (Å²) in [4.78, 5) is 23.7. The molecule has 7 heteroatoms. The Morgan fingerprint density at radius 2 is 2.04 bits per heavy atom. The van der Waals surface area contributed by atoms with E-state index in [2.05, 4.69) is 11.4 Å². The van der Waals surface area contributed by atoms with E-state index in [0.29, 0.717) is 23.7 Å². The van der Waals surface area contributed by atoms with E-state index < -0.39 is 24.0 Å². The van der Waals surface area contributed by atoms with Crippen LogP contribution >= 0.6 is 0 Å². The Labute approximate surface area is 159 Å². The van der Waals surface area contributed by atoms with Gasteiger partial charge in [-0.15, -0.1) is 0 Å². The molecule has 1 atom stereocenters. The number of esters is 1. The number of benzene rings is 1. The molecular weight excluding hydrogens is 348 g/mol. The molecule has 1 unspecified atom stereocenters. The highest BCUT2D eigenvalue weighted by Crippen LogP contribution is 2.28. The van der Waals surface area contributed by atoms with Gasteiger partial charge in [-0.25, -0.2) is 4.79 Å². The number of methoxy groups -OCH3 is 1. The number of hydrogen-bond donors (Lipinski definition) is 1. The minimum atomic E-state index is -1.02. The Bertz CT molecular complexity index is 736. The van der Waals surface area contributed by atoms with Gasteiger partial charge in [0, 0.05) is 6.08 Å². The molecule has 0 bridgehead atoms. The average molecular weight is 374 g/mol. The fraction of sp³-hybridized carbons (Fsp3) is 0.450. The first kappa shape index (κ1) is 22.0.